The second kappa shape index (κ2) is 14.0. The van der Waals surface area contributed by atoms with Gasteiger partial charge in [-0.05, 0) is 50.1 Å². The molecule has 3 aliphatic carbocycles. The summed E-state index contributed by atoms with van der Waals surface area (Å²) < 4.78 is 33.2. The number of nitrogens with one attached hydrogen (secondary N) is 1. The van der Waals surface area contributed by atoms with E-state index in [1.165, 1.54) is 39.2 Å². The zero-order valence-electron chi connectivity index (χ0n) is 31.3. The number of phenols is 2. The number of aliphatic hydroxyl groups excluding tert-OH is 2. The molecular weight excluding hydrogens is 754 g/mol. The summed E-state index contributed by atoms with van der Waals surface area (Å²) in [7, 11) is 3.19. The van der Waals surface area contributed by atoms with E-state index in [9.17, 15) is 54.3 Å². The summed E-state index contributed by atoms with van der Waals surface area (Å²) >= 11 is 0. The molecular formula is C39H39NO17. The first-order valence-corrected chi connectivity index (χ1v) is 17.7. The Labute approximate surface area is 323 Å². The lowest BCUT2D eigenvalue weighted by molar-refractivity contribution is -0.275. The molecule has 0 amide bonds. The van der Waals surface area contributed by atoms with Crippen LogP contribution >= 0.6 is 0 Å². The first kappa shape index (κ1) is 40.0. The molecule has 2 aliphatic heterocycles. The van der Waals surface area contributed by atoms with Crippen molar-refractivity contribution in [1.82, 2.24) is 5.32 Å². The fraction of sp³-hybridized carbons (Fsp3) is 0.436. The number of fused-ring (bicyclic) bond motifs is 5. The van der Waals surface area contributed by atoms with Crippen molar-refractivity contribution in [2.24, 2.45) is 0 Å². The van der Waals surface area contributed by atoms with Gasteiger partial charge in [-0.3, -0.25) is 24.0 Å². The first-order valence-electron chi connectivity index (χ1n) is 17.7. The molecule has 2 heterocycles. The van der Waals surface area contributed by atoms with Crippen LogP contribution in [0.2, 0.25) is 0 Å². The van der Waals surface area contributed by atoms with Crippen LogP contribution in [-0.2, 0) is 45.2 Å². The highest BCUT2D eigenvalue weighted by atomic mass is 16.7. The molecule has 7 rings (SSSR count). The van der Waals surface area contributed by atoms with Gasteiger partial charge in [0.25, 0.3) is 0 Å². The molecule has 0 spiro atoms. The Morgan fingerprint density at radius 1 is 0.930 bits per heavy atom. The summed E-state index contributed by atoms with van der Waals surface area (Å²) in [6, 6.07) is 2.14. The van der Waals surface area contributed by atoms with Gasteiger partial charge in [-0.15, -0.1) is 0 Å². The molecule has 0 bridgehead atoms. The fourth-order valence-electron chi connectivity index (χ4n) is 8.56. The summed E-state index contributed by atoms with van der Waals surface area (Å²) in [5.74, 6) is -8.15. The molecule has 18 heteroatoms. The van der Waals surface area contributed by atoms with Crippen LogP contribution in [0.5, 0.6) is 11.5 Å². The van der Waals surface area contributed by atoms with Crippen LogP contribution < -0.4 is 5.32 Å². The van der Waals surface area contributed by atoms with Gasteiger partial charge >= 0.3 is 5.97 Å². The number of benzene rings is 2. The number of rotatable bonds is 7. The average Bonchev–Trinajstić information content (AvgIpc) is 3.15. The smallest absolute Gasteiger partial charge is 0.341 e. The number of aryl methyl sites for hydroxylation is 1. The predicted molar refractivity (Wildman–Crippen MR) is 189 cm³/mol. The van der Waals surface area contributed by atoms with Crippen molar-refractivity contribution in [2.45, 2.75) is 87.5 Å². The van der Waals surface area contributed by atoms with Gasteiger partial charge in [0.1, 0.15) is 41.5 Å². The third-order valence-electron chi connectivity index (χ3n) is 11.3. The van der Waals surface area contributed by atoms with Crippen molar-refractivity contribution in [3.05, 3.63) is 80.6 Å². The molecule has 1 saturated heterocycles. The number of methoxy groups -OCH3 is 3. The standard InChI is InChI=1S/C39H39NO17/c1-13-9-16-10-22(43)39(54-6)35(49)26-18(34(48)38(39,51)27(16)30(46)24(13)37(50)53-5)11-17-25(29(26)45)21(42)12-19(28(17)44)40-36-33(52-4)31(47)32(15(3)56-36)57-23-8-7-20(41)14(2)55-23/h7-9,11-12,14-15,22-23,31-33,36,40,43,45-47,51H,10H2,1-6H3/t14-,15-,22+,23+,31+,32-,33+,36-,38-,39+/m0/s1. The highest BCUT2D eigenvalue weighted by Gasteiger charge is 2.72. The van der Waals surface area contributed by atoms with E-state index in [1.54, 1.807) is 6.92 Å². The van der Waals surface area contributed by atoms with Crippen LogP contribution in [0, 0.1) is 6.92 Å². The van der Waals surface area contributed by atoms with Gasteiger partial charge in [-0.1, -0.05) is 6.07 Å². The molecule has 6 N–H and O–H groups in total. The Morgan fingerprint density at radius 2 is 1.63 bits per heavy atom. The highest BCUT2D eigenvalue weighted by Crippen LogP contribution is 2.56. The lowest BCUT2D eigenvalue weighted by atomic mass is 9.56. The quantitative estimate of drug-likeness (QED) is 0.201. The minimum atomic E-state index is -3.27. The van der Waals surface area contributed by atoms with Crippen LogP contribution in [0.4, 0.5) is 0 Å². The Kier molecular flexibility index (Phi) is 9.85. The lowest BCUT2D eigenvalue weighted by Crippen LogP contribution is -2.73. The van der Waals surface area contributed by atoms with E-state index in [0.29, 0.717) is 0 Å². The highest BCUT2D eigenvalue weighted by molar-refractivity contribution is 6.31. The molecule has 5 aliphatic rings. The molecule has 10 atom stereocenters. The summed E-state index contributed by atoms with van der Waals surface area (Å²) in [4.78, 5) is 81.6. The molecule has 0 aromatic heterocycles. The van der Waals surface area contributed by atoms with Gasteiger partial charge < -0.3 is 59.3 Å². The number of ketones is 5. The second-order valence-corrected chi connectivity index (χ2v) is 14.4. The van der Waals surface area contributed by atoms with Crippen LogP contribution in [0.1, 0.15) is 82.3 Å². The van der Waals surface area contributed by atoms with E-state index in [-0.39, 0.29) is 16.9 Å². The molecule has 2 aromatic carbocycles. The first-order chi connectivity index (χ1) is 26.9. The maximum absolute atomic E-state index is 14.7. The number of ether oxygens (including phenoxy) is 6. The minimum Gasteiger partial charge on any atom is -0.507 e. The molecule has 0 unspecified atom stereocenters. The number of carbonyl (C=O) groups excluding carboxylic acids is 6. The van der Waals surface area contributed by atoms with Crippen molar-refractivity contribution in [2.75, 3.05) is 21.3 Å². The normalized spacial score (nSPS) is 33.2. The van der Waals surface area contributed by atoms with Crippen molar-refractivity contribution in [1.29, 1.82) is 0 Å². The molecule has 0 radical (unpaired) electrons. The monoisotopic (exact) mass is 793 g/mol. The number of carbonyl (C=O) groups is 6. The van der Waals surface area contributed by atoms with Crippen LogP contribution in [0.25, 0.3) is 0 Å². The molecule has 57 heavy (non-hydrogen) atoms. The number of Topliss-reactive ketones (excluding diaryl/α,β-unsaturated/α-hetero) is 3. The summed E-state index contributed by atoms with van der Waals surface area (Å²) in [5.41, 5.74) is -10.5. The summed E-state index contributed by atoms with van der Waals surface area (Å²) in [6.45, 7) is 4.53. The SMILES string of the molecule is COC(=O)c1c(C)cc2c(c1O)[C@]1(O)C(=O)c3cc4c(c(O)c3C(=O)[C@]1(OC)[C@H](O)C2)C(=O)C=C(N[C@H]1O[C@@H](C)[C@H](O[C@@H]2C=CC(=O)[C@H](C)O2)[C@@H](O)[C@H]1OC)C4=O. The zero-order valence-corrected chi connectivity index (χ0v) is 31.3. The molecule has 2 aromatic rings. The molecule has 0 saturated carbocycles. The van der Waals surface area contributed by atoms with Gasteiger partial charge in [0.15, 0.2) is 35.3 Å². The third kappa shape index (κ3) is 5.54. The fourth-order valence-corrected chi connectivity index (χ4v) is 8.56. The van der Waals surface area contributed by atoms with E-state index >= 15 is 0 Å². The Hall–Kier alpha value is -5.18. The van der Waals surface area contributed by atoms with Gasteiger partial charge in [-0.2, -0.15) is 0 Å². The molecule has 18 nitrogen and oxygen atoms in total. The summed E-state index contributed by atoms with van der Waals surface area (Å²) in [6.07, 6.45) is -6.70. The Balaban J connectivity index is 1.27. The molecule has 302 valence electrons. The third-order valence-corrected chi connectivity index (χ3v) is 11.3. The van der Waals surface area contributed by atoms with Gasteiger partial charge in [0.2, 0.25) is 17.3 Å². The largest absolute Gasteiger partial charge is 0.507 e. The second-order valence-electron chi connectivity index (χ2n) is 14.4. The zero-order chi connectivity index (χ0) is 41.6. The Morgan fingerprint density at radius 3 is 2.26 bits per heavy atom. The van der Waals surface area contributed by atoms with Crippen LogP contribution in [0.15, 0.2) is 36.1 Å². The maximum atomic E-state index is 14.7. The maximum Gasteiger partial charge on any atom is 0.341 e. The number of hydrogen-bond donors (Lipinski definition) is 6. The number of aromatic hydroxyl groups is 2. The average molecular weight is 794 g/mol. The lowest BCUT2D eigenvalue weighted by Gasteiger charge is -2.52. The molecule has 1 fully saturated rings. The predicted octanol–water partition coefficient (Wildman–Crippen LogP) is -0.00968. The number of hydrogen-bond acceptors (Lipinski definition) is 18. The van der Waals surface area contributed by atoms with E-state index < -0.39 is 146 Å². The van der Waals surface area contributed by atoms with Gasteiger partial charge in [0, 0.05) is 43.4 Å². The van der Waals surface area contributed by atoms with Gasteiger partial charge in [-0.25, -0.2) is 4.79 Å². The minimum absolute atomic E-state index is 0.0237. The van der Waals surface area contributed by atoms with Crippen molar-refractivity contribution >= 4 is 34.9 Å². The number of phenolic OH excluding ortho intramolecular Hbond substituents is 2. The topological polar surface area (TPSA) is 271 Å². The number of allylic oxidation sites excluding steroid dienone is 2. The van der Waals surface area contributed by atoms with Crippen LogP contribution in [-0.4, -0.2) is 136 Å². The van der Waals surface area contributed by atoms with Crippen molar-refractivity contribution < 1.29 is 82.7 Å². The van der Waals surface area contributed by atoms with Gasteiger partial charge in [0.05, 0.1) is 36.1 Å². The Bertz CT molecular complexity index is 2230. The number of esters is 1. The summed E-state index contributed by atoms with van der Waals surface area (Å²) in [5, 5.41) is 61.1. The van der Waals surface area contributed by atoms with Crippen molar-refractivity contribution in [3.8, 4) is 11.5 Å². The van der Waals surface area contributed by atoms with Crippen molar-refractivity contribution in [3.63, 3.8) is 0 Å². The number of aliphatic hydroxyl groups is 3. The van der Waals surface area contributed by atoms with E-state index in [0.717, 1.165) is 26.4 Å². The van der Waals surface area contributed by atoms with E-state index in [1.807, 2.05) is 0 Å². The van der Waals surface area contributed by atoms with E-state index in [4.69, 9.17) is 28.4 Å². The van der Waals surface area contributed by atoms with Crippen LogP contribution in [0.3, 0.4) is 0 Å². The van der Waals surface area contributed by atoms with E-state index in [2.05, 4.69) is 5.32 Å².